The molecule has 0 N–H and O–H groups in total. The second-order valence-corrected chi connectivity index (χ2v) is 6.32. The van der Waals surface area contributed by atoms with Crippen LogP contribution in [0, 0.1) is 6.92 Å². The number of benzene rings is 3. The first kappa shape index (κ1) is 15.6. The fraction of sp³-hybridized carbons (Fsp3) is 0.217. The Kier molecular flexibility index (Phi) is 4.92. The largest absolute Gasteiger partial charge is 0.0622 e. The monoisotopic (exact) mass is 300 g/mol. The lowest BCUT2D eigenvalue weighted by Crippen LogP contribution is -2.00. The molecule has 0 fully saturated rings. The summed E-state index contributed by atoms with van der Waals surface area (Å²) in [5.41, 5.74) is 7.00. The highest BCUT2D eigenvalue weighted by Crippen LogP contribution is 2.31. The topological polar surface area (TPSA) is 0 Å². The number of rotatable bonds is 5. The molecule has 0 aromatic heterocycles. The van der Waals surface area contributed by atoms with Gasteiger partial charge in [-0.1, -0.05) is 85.8 Å². The van der Waals surface area contributed by atoms with Crippen molar-refractivity contribution >= 4 is 0 Å². The first-order valence-corrected chi connectivity index (χ1v) is 8.44. The van der Waals surface area contributed by atoms with Gasteiger partial charge in [0.2, 0.25) is 0 Å². The Morgan fingerprint density at radius 2 is 1.39 bits per heavy atom. The van der Waals surface area contributed by atoms with E-state index in [1.54, 1.807) is 0 Å². The molecule has 116 valence electrons. The Morgan fingerprint density at radius 3 is 2.17 bits per heavy atom. The SMILES string of the molecule is Cc1ccccc1CCC(C)c1ccccc1-c1ccccc1. The minimum atomic E-state index is 0.547. The van der Waals surface area contributed by atoms with Crippen LogP contribution in [0.4, 0.5) is 0 Å². The molecule has 0 aliphatic rings. The Labute approximate surface area is 139 Å². The maximum Gasteiger partial charge on any atom is -0.0149 e. The summed E-state index contributed by atoms with van der Waals surface area (Å²) < 4.78 is 0. The third-order valence-electron chi connectivity index (χ3n) is 4.68. The Morgan fingerprint density at radius 1 is 0.739 bits per heavy atom. The van der Waals surface area contributed by atoms with Crippen molar-refractivity contribution in [1.29, 1.82) is 0 Å². The zero-order valence-electron chi connectivity index (χ0n) is 14.0. The lowest BCUT2D eigenvalue weighted by molar-refractivity contribution is 0.679. The van der Waals surface area contributed by atoms with Crippen LogP contribution in [0.2, 0.25) is 0 Å². The van der Waals surface area contributed by atoms with E-state index in [1.807, 2.05) is 0 Å². The highest BCUT2D eigenvalue weighted by molar-refractivity contribution is 5.67. The zero-order valence-corrected chi connectivity index (χ0v) is 14.0. The van der Waals surface area contributed by atoms with Gasteiger partial charge in [-0.15, -0.1) is 0 Å². The summed E-state index contributed by atoms with van der Waals surface area (Å²) in [6.07, 6.45) is 2.31. The third-order valence-corrected chi connectivity index (χ3v) is 4.68. The van der Waals surface area contributed by atoms with Crippen molar-refractivity contribution in [3.05, 3.63) is 95.6 Å². The molecule has 1 unspecified atom stereocenters. The van der Waals surface area contributed by atoms with Gasteiger partial charge in [0.25, 0.3) is 0 Å². The molecule has 0 spiro atoms. The van der Waals surface area contributed by atoms with Gasteiger partial charge in [-0.2, -0.15) is 0 Å². The van der Waals surface area contributed by atoms with Crippen LogP contribution >= 0.6 is 0 Å². The fourth-order valence-electron chi connectivity index (χ4n) is 3.23. The Hall–Kier alpha value is -2.34. The van der Waals surface area contributed by atoms with Gasteiger partial charge in [-0.25, -0.2) is 0 Å². The summed E-state index contributed by atoms with van der Waals surface area (Å²) in [5.74, 6) is 0.547. The van der Waals surface area contributed by atoms with Gasteiger partial charge in [0.15, 0.2) is 0 Å². The highest BCUT2D eigenvalue weighted by Gasteiger charge is 2.12. The van der Waals surface area contributed by atoms with E-state index in [0.29, 0.717) is 5.92 Å². The molecule has 3 aromatic carbocycles. The highest BCUT2D eigenvalue weighted by atomic mass is 14.2. The van der Waals surface area contributed by atoms with Crippen LogP contribution in [0.5, 0.6) is 0 Å². The second-order valence-electron chi connectivity index (χ2n) is 6.32. The molecular weight excluding hydrogens is 276 g/mol. The van der Waals surface area contributed by atoms with Crippen LogP contribution in [-0.2, 0) is 6.42 Å². The molecule has 0 nitrogen and oxygen atoms in total. The van der Waals surface area contributed by atoms with E-state index in [4.69, 9.17) is 0 Å². The van der Waals surface area contributed by atoms with E-state index >= 15 is 0 Å². The van der Waals surface area contributed by atoms with Gasteiger partial charge in [0, 0.05) is 0 Å². The van der Waals surface area contributed by atoms with E-state index in [1.165, 1.54) is 34.2 Å². The molecule has 0 aliphatic heterocycles. The van der Waals surface area contributed by atoms with Gasteiger partial charge < -0.3 is 0 Å². The maximum atomic E-state index is 2.35. The lowest BCUT2D eigenvalue weighted by atomic mass is 9.87. The number of hydrogen-bond acceptors (Lipinski definition) is 0. The van der Waals surface area contributed by atoms with Crippen LogP contribution in [-0.4, -0.2) is 0 Å². The lowest BCUT2D eigenvalue weighted by Gasteiger charge is -2.17. The predicted octanol–water partition coefficient (Wildman–Crippen LogP) is 6.40. The molecule has 0 saturated heterocycles. The van der Waals surface area contributed by atoms with Gasteiger partial charge in [0.1, 0.15) is 0 Å². The molecule has 0 aliphatic carbocycles. The first-order chi connectivity index (χ1) is 11.3. The number of aryl methyl sites for hydroxylation is 2. The summed E-state index contributed by atoms with van der Waals surface area (Å²) in [4.78, 5) is 0. The van der Waals surface area contributed by atoms with Gasteiger partial charge in [-0.05, 0) is 53.5 Å². The third kappa shape index (κ3) is 3.71. The van der Waals surface area contributed by atoms with Crippen LogP contribution in [0.25, 0.3) is 11.1 Å². The molecule has 0 heterocycles. The van der Waals surface area contributed by atoms with E-state index in [0.717, 1.165) is 6.42 Å². The van der Waals surface area contributed by atoms with Crippen LogP contribution < -0.4 is 0 Å². The fourth-order valence-corrected chi connectivity index (χ4v) is 3.23. The predicted molar refractivity (Wildman–Crippen MR) is 99.8 cm³/mol. The van der Waals surface area contributed by atoms with Crippen molar-refractivity contribution in [3.63, 3.8) is 0 Å². The van der Waals surface area contributed by atoms with Crippen molar-refractivity contribution < 1.29 is 0 Å². The van der Waals surface area contributed by atoms with Crippen molar-refractivity contribution in [2.45, 2.75) is 32.6 Å². The first-order valence-electron chi connectivity index (χ1n) is 8.44. The van der Waals surface area contributed by atoms with E-state index in [-0.39, 0.29) is 0 Å². The van der Waals surface area contributed by atoms with E-state index in [9.17, 15) is 0 Å². The number of hydrogen-bond donors (Lipinski definition) is 0. The summed E-state index contributed by atoms with van der Waals surface area (Å²) >= 11 is 0. The summed E-state index contributed by atoms with van der Waals surface area (Å²) in [7, 11) is 0. The molecule has 0 heteroatoms. The zero-order chi connectivity index (χ0) is 16.1. The van der Waals surface area contributed by atoms with Crippen LogP contribution in [0.15, 0.2) is 78.9 Å². The summed E-state index contributed by atoms with van der Waals surface area (Å²) in [5, 5.41) is 0. The molecule has 0 saturated carbocycles. The molecule has 0 bridgehead atoms. The van der Waals surface area contributed by atoms with Crippen LogP contribution in [0.3, 0.4) is 0 Å². The molecule has 1 atom stereocenters. The normalized spacial score (nSPS) is 12.1. The summed E-state index contributed by atoms with van der Waals surface area (Å²) in [6.45, 7) is 4.55. The minimum Gasteiger partial charge on any atom is -0.0622 e. The van der Waals surface area contributed by atoms with Crippen molar-refractivity contribution in [2.75, 3.05) is 0 Å². The average Bonchev–Trinajstić information content (AvgIpc) is 2.61. The van der Waals surface area contributed by atoms with Gasteiger partial charge >= 0.3 is 0 Å². The molecule has 3 aromatic rings. The smallest absolute Gasteiger partial charge is 0.0149 e. The van der Waals surface area contributed by atoms with Crippen molar-refractivity contribution in [1.82, 2.24) is 0 Å². The molecule has 3 rings (SSSR count). The molecule has 23 heavy (non-hydrogen) atoms. The van der Waals surface area contributed by atoms with Gasteiger partial charge in [-0.3, -0.25) is 0 Å². The van der Waals surface area contributed by atoms with Crippen LogP contribution in [0.1, 0.15) is 36.0 Å². The van der Waals surface area contributed by atoms with E-state index in [2.05, 4.69) is 92.7 Å². The molecule has 0 radical (unpaired) electrons. The maximum absolute atomic E-state index is 2.35. The van der Waals surface area contributed by atoms with Crippen molar-refractivity contribution in [2.24, 2.45) is 0 Å². The Bertz CT molecular complexity index is 756. The standard InChI is InChI=1S/C23H24/c1-18-10-6-7-11-20(18)17-16-19(2)22-14-8-9-15-23(22)21-12-4-3-5-13-21/h3-15,19H,16-17H2,1-2H3. The Balaban J connectivity index is 1.80. The van der Waals surface area contributed by atoms with E-state index < -0.39 is 0 Å². The molecular formula is C23H24. The minimum absolute atomic E-state index is 0.547. The average molecular weight is 300 g/mol. The van der Waals surface area contributed by atoms with Crippen molar-refractivity contribution in [3.8, 4) is 11.1 Å². The molecule has 0 amide bonds. The van der Waals surface area contributed by atoms with Gasteiger partial charge in [0.05, 0.1) is 0 Å². The second kappa shape index (κ2) is 7.28. The summed E-state index contributed by atoms with van der Waals surface area (Å²) in [6, 6.07) is 28.3. The quantitative estimate of drug-likeness (QED) is 0.511.